The maximum Gasteiger partial charge on any atom is 0.415 e. The van der Waals surface area contributed by atoms with Crippen LogP contribution in [0, 0.1) is 27.7 Å². The number of carbonyl (C=O) groups excluding carboxylic acids is 2. The van der Waals surface area contributed by atoms with E-state index >= 15 is 0 Å². The third-order valence-electron chi connectivity index (χ3n) is 7.44. The molecule has 2 aromatic carbocycles. The Labute approximate surface area is 280 Å². The lowest BCUT2D eigenvalue weighted by atomic mass is 10.1. The Morgan fingerprint density at radius 2 is 1.32 bits per heavy atom. The minimum Gasteiger partial charge on any atom is -0.485 e. The zero-order valence-electron chi connectivity index (χ0n) is 29.8. The smallest absolute Gasteiger partial charge is 0.415 e. The van der Waals surface area contributed by atoms with Crippen molar-refractivity contribution in [1.29, 1.82) is 0 Å². The number of hydrogen-bond donors (Lipinski definition) is 0. The van der Waals surface area contributed by atoms with E-state index in [0.717, 1.165) is 28.2 Å². The second-order valence-electron chi connectivity index (χ2n) is 13.6. The van der Waals surface area contributed by atoms with E-state index in [1.807, 2.05) is 106 Å². The summed E-state index contributed by atoms with van der Waals surface area (Å²) in [5, 5.41) is 0. The molecular weight excluding hydrogens is 596 g/mol. The summed E-state index contributed by atoms with van der Waals surface area (Å²) >= 11 is 0. The molecule has 0 bridgehead atoms. The molecule has 10 nitrogen and oxygen atoms in total. The molecule has 0 N–H and O–H groups in total. The van der Waals surface area contributed by atoms with Crippen molar-refractivity contribution in [2.45, 2.75) is 93.0 Å². The maximum atomic E-state index is 12.5. The lowest BCUT2D eigenvalue weighted by Crippen LogP contribution is -2.45. The van der Waals surface area contributed by atoms with Gasteiger partial charge >= 0.3 is 12.2 Å². The predicted molar refractivity (Wildman–Crippen MR) is 187 cm³/mol. The number of rotatable bonds is 8. The molecule has 0 spiro atoms. The van der Waals surface area contributed by atoms with Crippen molar-refractivity contribution in [3.05, 3.63) is 71.3 Å². The second-order valence-corrected chi connectivity index (χ2v) is 13.6. The topological polar surface area (TPSA) is 102 Å². The largest absolute Gasteiger partial charge is 0.485 e. The molecule has 0 aromatic heterocycles. The van der Waals surface area contributed by atoms with E-state index in [2.05, 4.69) is 16.6 Å². The zero-order valence-corrected chi connectivity index (χ0v) is 29.8. The van der Waals surface area contributed by atoms with Crippen LogP contribution in [0.4, 0.5) is 9.59 Å². The Morgan fingerprint density at radius 1 is 0.809 bits per heavy atom. The standard InChI is InChI=1S/C20H28N2O3.C17H24N2O3/c1-7-9-17(24-16-11-8-10-14(2)15(16)3)18-21-12-13-22(18)19(23)25-20(4,5)6;1-12-7-6-8-14(13(12)2)21-11-15-18-9-10-19(15)16(20)22-17(3,4)5/h7-8,10-11,17H,1,9,12-13H2,2-6H3;6-8H,9-11H2,1-5H3. The molecule has 0 saturated carbocycles. The van der Waals surface area contributed by atoms with Gasteiger partial charge in [0.15, 0.2) is 11.9 Å². The van der Waals surface area contributed by atoms with Gasteiger partial charge in [-0.05, 0) is 104 Å². The van der Waals surface area contributed by atoms with Crippen LogP contribution in [-0.4, -0.2) is 83.7 Å². The van der Waals surface area contributed by atoms with Crippen molar-refractivity contribution in [3.8, 4) is 11.5 Å². The third-order valence-corrected chi connectivity index (χ3v) is 7.44. The lowest BCUT2D eigenvalue weighted by molar-refractivity contribution is 0.0362. The normalized spacial score (nSPS) is 15.2. The molecule has 1 atom stereocenters. The van der Waals surface area contributed by atoms with E-state index in [-0.39, 0.29) is 24.9 Å². The molecule has 2 aromatic rings. The highest BCUT2D eigenvalue weighted by Crippen LogP contribution is 2.25. The van der Waals surface area contributed by atoms with Gasteiger partial charge in [0.05, 0.1) is 26.2 Å². The van der Waals surface area contributed by atoms with E-state index in [4.69, 9.17) is 18.9 Å². The van der Waals surface area contributed by atoms with Crippen LogP contribution in [0.1, 0.15) is 70.2 Å². The van der Waals surface area contributed by atoms with Gasteiger partial charge in [-0.2, -0.15) is 0 Å². The molecule has 0 radical (unpaired) electrons. The summed E-state index contributed by atoms with van der Waals surface area (Å²) in [7, 11) is 0. The highest BCUT2D eigenvalue weighted by Gasteiger charge is 2.34. The fraction of sp³-hybridized carbons (Fsp3) is 0.514. The highest BCUT2D eigenvalue weighted by molar-refractivity contribution is 6.00. The summed E-state index contributed by atoms with van der Waals surface area (Å²) in [4.78, 5) is 36.6. The fourth-order valence-corrected chi connectivity index (χ4v) is 4.76. The fourth-order valence-electron chi connectivity index (χ4n) is 4.76. The number of hydrogen-bond acceptors (Lipinski definition) is 8. The van der Waals surface area contributed by atoms with Crippen LogP contribution in [0.5, 0.6) is 11.5 Å². The summed E-state index contributed by atoms with van der Waals surface area (Å²) in [6.07, 6.45) is 1.22. The third kappa shape index (κ3) is 10.9. The number of amides is 2. The summed E-state index contributed by atoms with van der Waals surface area (Å²) in [5.74, 6) is 2.84. The van der Waals surface area contributed by atoms with Crippen LogP contribution in [0.2, 0.25) is 0 Å². The highest BCUT2D eigenvalue weighted by atomic mass is 16.6. The Kier molecular flexibility index (Phi) is 12.6. The SMILES string of the molecule is C=CCC(Oc1cccc(C)c1C)C1=NCCN1C(=O)OC(C)(C)C.Cc1cccc(OCC2=NCCN2C(=O)OC(C)(C)C)c1C. The second kappa shape index (κ2) is 16.0. The van der Waals surface area contributed by atoms with Crippen LogP contribution >= 0.6 is 0 Å². The van der Waals surface area contributed by atoms with Crippen LogP contribution in [0.3, 0.4) is 0 Å². The first kappa shape index (κ1) is 37.1. The van der Waals surface area contributed by atoms with Gasteiger partial charge in [0.25, 0.3) is 0 Å². The van der Waals surface area contributed by atoms with Crippen LogP contribution in [-0.2, 0) is 9.47 Å². The molecular formula is C37H52N4O6. The number of amidine groups is 2. The first-order valence-corrected chi connectivity index (χ1v) is 16.1. The molecule has 2 heterocycles. The van der Waals surface area contributed by atoms with Crippen molar-refractivity contribution < 1.29 is 28.5 Å². The number of nitrogens with zero attached hydrogens (tertiary/aromatic N) is 4. The molecule has 47 heavy (non-hydrogen) atoms. The van der Waals surface area contributed by atoms with Gasteiger partial charge in [-0.1, -0.05) is 30.3 Å². The molecule has 0 saturated heterocycles. The van der Waals surface area contributed by atoms with Gasteiger partial charge < -0.3 is 18.9 Å². The number of benzene rings is 2. The first-order chi connectivity index (χ1) is 22.0. The summed E-state index contributed by atoms with van der Waals surface area (Å²) in [6.45, 7) is 25.5. The maximum absolute atomic E-state index is 12.5. The van der Waals surface area contributed by atoms with E-state index in [0.29, 0.717) is 44.3 Å². The van der Waals surface area contributed by atoms with Crippen molar-refractivity contribution in [2.75, 3.05) is 32.8 Å². The molecule has 10 heteroatoms. The van der Waals surface area contributed by atoms with E-state index in [1.165, 1.54) is 5.56 Å². The number of aliphatic imine (C=N–C) groups is 2. The molecule has 2 aliphatic rings. The Bertz CT molecular complexity index is 1480. The lowest BCUT2D eigenvalue weighted by Gasteiger charge is -2.28. The van der Waals surface area contributed by atoms with Crippen molar-refractivity contribution in [2.24, 2.45) is 9.98 Å². The number of carbonyl (C=O) groups is 2. The first-order valence-electron chi connectivity index (χ1n) is 16.1. The summed E-state index contributed by atoms with van der Waals surface area (Å²) < 4.78 is 22.9. The molecule has 2 amide bonds. The molecule has 0 fully saturated rings. The van der Waals surface area contributed by atoms with Gasteiger partial charge in [-0.3, -0.25) is 19.8 Å². The molecule has 2 aliphatic heterocycles. The average Bonchev–Trinajstić information content (AvgIpc) is 3.65. The van der Waals surface area contributed by atoms with Gasteiger partial charge in [0.1, 0.15) is 35.1 Å². The molecule has 4 rings (SSSR count). The van der Waals surface area contributed by atoms with Crippen LogP contribution < -0.4 is 9.47 Å². The minimum absolute atomic E-state index is 0.267. The van der Waals surface area contributed by atoms with Gasteiger partial charge in [-0.25, -0.2) is 9.59 Å². The van der Waals surface area contributed by atoms with Crippen molar-refractivity contribution in [1.82, 2.24) is 9.80 Å². The number of aryl methyl sites for hydroxylation is 2. The van der Waals surface area contributed by atoms with Crippen molar-refractivity contribution in [3.63, 3.8) is 0 Å². The van der Waals surface area contributed by atoms with E-state index in [9.17, 15) is 9.59 Å². The minimum atomic E-state index is -0.549. The predicted octanol–water partition coefficient (Wildman–Crippen LogP) is 7.61. The molecule has 256 valence electrons. The van der Waals surface area contributed by atoms with E-state index in [1.54, 1.807) is 15.9 Å². The van der Waals surface area contributed by atoms with Crippen molar-refractivity contribution >= 4 is 23.9 Å². The molecule has 1 unspecified atom stereocenters. The Hall–Kier alpha value is -4.34. The zero-order chi connectivity index (χ0) is 34.9. The van der Waals surface area contributed by atoms with Gasteiger partial charge in [0, 0.05) is 6.42 Å². The Morgan fingerprint density at radius 3 is 1.89 bits per heavy atom. The summed E-state index contributed by atoms with van der Waals surface area (Å²) in [6, 6.07) is 11.9. The van der Waals surface area contributed by atoms with Gasteiger partial charge in [-0.15, -0.1) is 6.58 Å². The summed E-state index contributed by atoms with van der Waals surface area (Å²) in [5.41, 5.74) is 3.46. The van der Waals surface area contributed by atoms with Crippen LogP contribution in [0.15, 0.2) is 59.0 Å². The Balaban J connectivity index is 0.000000257. The number of ether oxygens (including phenoxy) is 4. The van der Waals surface area contributed by atoms with Gasteiger partial charge in [0.2, 0.25) is 0 Å². The van der Waals surface area contributed by atoms with E-state index < -0.39 is 11.2 Å². The van der Waals surface area contributed by atoms with Crippen LogP contribution in [0.25, 0.3) is 0 Å². The quantitative estimate of drug-likeness (QED) is 0.273. The average molecular weight is 649 g/mol. The molecule has 0 aliphatic carbocycles. The monoisotopic (exact) mass is 648 g/mol.